The molecular formula is C18H30FNO. The Bertz CT molecular complexity index is 438. The summed E-state index contributed by atoms with van der Waals surface area (Å²) in [5, 5.41) is 3.50. The maximum absolute atomic E-state index is 14.6. The van der Waals surface area contributed by atoms with E-state index in [-0.39, 0.29) is 11.9 Å². The molecule has 1 rings (SSSR count). The predicted octanol–water partition coefficient (Wildman–Crippen LogP) is 4.69. The summed E-state index contributed by atoms with van der Waals surface area (Å²) in [5.74, 6) is -0.138. The molecule has 2 unspecified atom stereocenters. The van der Waals surface area contributed by atoms with E-state index in [0.717, 1.165) is 36.1 Å². The molecule has 1 aromatic rings. The third kappa shape index (κ3) is 4.27. The van der Waals surface area contributed by atoms with Crippen molar-refractivity contribution in [2.75, 3.05) is 13.2 Å². The summed E-state index contributed by atoms with van der Waals surface area (Å²) in [4.78, 5) is 0. The highest BCUT2D eigenvalue weighted by atomic mass is 19.1. The highest BCUT2D eigenvalue weighted by molar-refractivity contribution is 5.36. The first kappa shape index (κ1) is 18.1. The summed E-state index contributed by atoms with van der Waals surface area (Å²) in [6.07, 6.45) is 1.84. The van der Waals surface area contributed by atoms with Gasteiger partial charge in [0.2, 0.25) is 0 Å². The van der Waals surface area contributed by atoms with Crippen molar-refractivity contribution in [2.45, 2.75) is 66.0 Å². The Morgan fingerprint density at radius 1 is 1.24 bits per heavy atom. The summed E-state index contributed by atoms with van der Waals surface area (Å²) in [5.41, 5.74) is 2.27. The van der Waals surface area contributed by atoms with Crippen molar-refractivity contribution in [1.82, 2.24) is 5.32 Å². The van der Waals surface area contributed by atoms with Gasteiger partial charge >= 0.3 is 0 Å². The molecule has 0 saturated heterocycles. The topological polar surface area (TPSA) is 21.3 Å². The second-order valence-electron chi connectivity index (χ2n) is 5.96. The van der Waals surface area contributed by atoms with Crippen LogP contribution in [0.25, 0.3) is 0 Å². The standard InChI is InChI=1S/C18H30FNO/c1-7-10-20-17(18(6,8-2)21-9-3)16-14(5)11-13(4)12-15(16)19/h11-12,17,20H,7-10H2,1-6H3. The number of halogens is 1. The number of rotatable bonds is 8. The molecule has 0 spiro atoms. The number of nitrogens with one attached hydrogen (secondary N) is 1. The van der Waals surface area contributed by atoms with Gasteiger partial charge in [-0.2, -0.15) is 0 Å². The van der Waals surface area contributed by atoms with E-state index in [0.29, 0.717) is 6.61 Å². The third-order valence-electron chi connectivity index (χ3n) is 4.15. The maximum atomic E-state index is 14.6. The molecule has 21 heavy (non-hydrogen) atoms. The average molecular weight is 295 g/mol. The molecule has 2 nitrogen and oxygen atoms in total. The van der Waals surface area contributed by atoms with Crippen LogP contribution in [-0.4, -0.2) is 18.8 Å². The molecule has 0 heterocycles. The minimum Gasteiger partial charge on any atom is -0.374 e. The molecular weight excluding hydrogens is 265 g/mol. The average Bonchev–Trinajstić information content (AvgIpc) is 2.41. The lowest BCUT2D eigenvalue weighted by Gasteiger charge is -2.38. The van der Waals surface area contributed by atoms with Crippen molar-refractivity contribution in [3.8, 4) is 0 Å². The van der Waals surface area contributed by atoms with Crippen LogP contribution in [-0.2, 0) is 4.74 Å². The van der Waals surface area contributed by atoms with Gasteiger partial charge in [-0.3, -0.25) is 0 Å². The van der Waals surface area contributed by atoms with Crippen molar-refractivity contribution in [3.05, 3.63) is 34.6 Å². The predicted molar refractivity (Wildman–Crippen MR) is 87.2 cm³/mol. The monoisotopic (exact) mass is 295 g/mol. The molecule has 1 N–H and O–H groups in total. The van der Waals surface area contributed by atoms with E-state index >= 15 is 0 Å². The Kier molecular flexibility index (Phi) is 6.82. The van der Waals surface area contributed by atoms with E-state index in [1.54, 1.807) is 6.07 Å². The fourth-order valence-electron chi connectivity index (χ4n) is 2.92. The van der Waals surface area contributed by atoms with Crippen LogP contribution in [0.3, 0.4) is 0 Å². The number of hydrogen-bond donors (Lipinski definition) is 1. The molecule has 0 amide bonds. The van der Waals surface area contributed by atoms with E-state index in [2.05, 4.69) is 26.1 Å². The first-order valence-corrected chi connectivity index (χ1v) is 8.03. The Labute approximate surface area is 129 Å². The van der Waals surface area contributed by atoms with Crippen LogP contribution in [0.15, 0.2) is 12.1 Å². The first-order chi connectivity index (χ1) is 9.89. The molecule has 0 aliphatic rings. The van der Waals surface area contributed by atoms with Gasteiger partial charge in [0, 0.05) is 12.2 Å². The molecule has 0 fully saturated rings. The molecule has 0 saturated carbocycles. The Hall–Kier alpha value is -0.930. The van der Waals surface area contributed by atoms with Gasteiger partial charge < -0.3 is 10.1 Å². The molecule has 0 aliphatic carbocycles. The zero-order chi connectivity index (χ0) is 16.0. The van der Waals surface area contributed by atoms with Crippen molar-refractivity contribution in [3.63, 3.8) is 0 Å². The van der Waals surface area contributed by atoms with Gasteiger partial charge in [-0.25, -0.2) is 4.39 Å². The Morgan fingerprint density at radius 3 is 2.38 bits per heavy atom. The zero-order valence-corrected chi connectivity index (χ0v) is 14.3. The number of ether oxygens (including phenoxy) is 1. The molecule has 0 radical (unpaired) electrons. The molecule has 0 aliphatic heterocycles. The molecule has 0 aromatic heterocycles. The van der Waals surface area contributed by atoms with Crippen molar-refractivity contribution >= 4 is 0 Å². The zero-order valence-electron chi connectivity index (χ0n) is 14.3. The van der Waals surface area contributed by atoms with Gasteiger partial charge in [0.05, 0.1) is 11.6 Å². The van der Waals surface area contributed by atoms with E-state index in [1.807, 2.05) is 26.8 Å². The second kappa shape index (κ2) is 7.90. The quantitative estimate of drug-likeness (QED) is 0.751. The smallest absolute Gasteiger partial charge is 0.128 e. The van der Waals surface area contributed by atoms with E-state index < -0.39 is 5.60 Å². The first-order valence-electron chi connectivity index (χ1n) is 8.03. The van der Waals surface area contributed by atoms with Crippen LogP contribution < -0.4 is 5.32 Å². The van der Waals surface area contributed by atoms with Crippen molar-refractivity contribution in [1.29, 1.82) is 0 Å². The fourth-order valence-corrected chi connectivity index (χ4v) is 2.92. The van der Waals surface area contributed by atoms with Gasteiger partial charge in [0.25, 0.3) is 0 Å². The third-order valence-corrected chi connectivity index (χ3v) is 4.15. The summed E-state index contributed by atoms with van der Waals surface area (Å²) in [6.45, 7) is 13.7. The number of aryl methyl sites for hydroxylation is 2. The summed E-state index contributed by atoms with van der Waals surface area (Å²) in [6, 6.07) is 3.52. The molecule has 1 aromatic carbocycles. The normalized spacial score (nSPS) is 15.8. The summed E-state index contributed by atoms with van der Waals surface area (Å²) >= 11 is 0. The molecule has 2 atom stereocenters. The molecule has 120 valence electrons. The highest BCUT2D eigenvalue weighted by Crippen LogP contribution is 2.35. The minimum atomic E-state index is -0.412. The number of benzene rings is 1. The van der Waals surface area contributed by atoms with Crippen LogP contribution >= 0.6 is 0 Å². The van der Waals surface area contributed by atoms with Gasteiger partial charge in [-0.05, 0) is 64.3 Å². The van der Waals surface area contributed by atoms with E-state index in [4.69, 9.17) is 4.74 Å². The van der Waals surface area contributed by atoms with Crippen LogP contribution in [0.2, 0.25) is 0 Å². The van der Waals surface area contributed by atoms with Crippen molar-refractivity contribution in [2.24, 2.45) is 0 Å². The highest BCUT2D eigenvalue weighted by Gasteiger charge is 2.36. The van der Waals surface area contributed by atoms with Gasteiger partial charge in [0.1, 0.15) is 5.82 Å². The summed E-state index contributed by atoms with van der Waals surface area (Å²) < 4.78 is 20.6. The molecule has 3 heteroatoms. The lowest BCUT2D eigenvalue weighted by molar-refractivity contribution is -0.0571. The Morgan fingerprint density at radius 2 is 1.90 bits per heavy atom. The lowest BCUT2D eigenvalue weighted by atomic mass is 9.84. The van der Waals surface area contributed by atoms with Crippen LogP contribution in [0.1, 0.15) is 63.3 Å². The summed E-state index contributed by atoms with van der Waals surface area (Å²) in [7, 11) is 0. The van der Waals surface area contributed by atoms with Gasteiger partial charge in [-0.15, -0.1) is 0 Å². The largest absolute Gasteiger partial charge is 0.374 e. The van der Waals surface area contributed by atoms with E-state index in [9.17, 15) is 4.39 Å². The van der Waals surface area contributed by atoms with Crippen LogP contribution in [0.4, 0.5) is 4.39 Å². The van der Waals surface area contributed by atoms with Crippen molar-refractivity contribution < 1.29 is 9.13 Å². The maximum Gasteiger partial charge on any atom is 0.128 e. The van der Waals surface area contributed by atoms with E-state index in [1.165, 1.54) is 0 Å². The van der Waals surface area contributed by atoms with Crippen LogP contribution in [0.5, 0.6) is 0 Å². The van der Waals surface area contributed by atoms with Gasteiger partial charge in [0.15, 0.2) is 0 Å². The van der Waals surface area contributed by atoms with Crippen LogP contribution in [0, 0.1) is 19.7 Å². The minimum absolute atomic E-state index is 0.136. The van der Waals surface area contributed by atoms with Gasteiger partial charge in [-0.1, -0.05) is 19.9 Å². The fraction of sp³-hybridized carbons (Fsp3) is 0.667. The number of hydrogen-bond acceptors (Lipinski definition) is 2. The lowest BCUT2D eigenvalue weighted by Crippen LogP contribution is -2.44. The Balaban J connectivity index is 3.31. The SMILES string of the molecule is CCCNC(c1c(C)cc(C)cc1F)C(C)(CC)OCC. The molecule has 0 bridgehead atoms. The second-order valence-corrected chi connectivity index (χ2v) is 5.96.